The molecule has 0 saturated heterocycles. The third kappa shape index (κ3) is 2.77. The monoisotopic (exact) mass is 279 g/mol. The molecular formula is C15H18ClNS. The first-order valence-corrected chi connectivity index (χ1v) is 7.37. The molecule has 1 aromatic heterocycles. The second kappa shape index (κ2) is 5.87. The van der Waals surface area contributed by atoms with E-state index in [0.717, 1.165) is 16.3 Å². The Bertz CT molecular complexity index is 496. The summed E-state index contributed by atoms with van der Waals surface area (Å²) in [6, 6.07) is 11.2. The van der Waals surface area contributed by atoms with Crippen LogP contribution in [0.15, 0.2) is 30.3 Å². The van der Waals surface area contributed by atoms with E-state index in [4.69, 9.17) is 11.6 Å². The number of thiophene rings is 1. The van der Waals surface area contributed by atoms with Crippen molar-refractivity contribution in [3.05, 3.63) is 56.2 Å². The lowest BCUT2D eigenvalue weighted by Crippen LogP contribution is -2.16. The Balaban J connectivity index is 2.32. The third-order valence-corrected chi connectivity index (χ3v) is 4.79. The highest BCUT2D eigenvalue weighted by Crippen LogP contribution is 2.33. The highest BCUT2D eigenvalue weighted by molar-refractivity contribution is 7.16. The Morgan fingerprint density at radius 2 is 1.94 bits per heavy atom. The molecule has 0 spiro atoms. The number of aryl methyl sites for hydroxylation is 2. The van der Waals surface area contributed by atoms with Gasteiger partial charge in [-0.1, -0.05) is 42.8 Å². The maximum absolute atomic E-state index is 6.16. The van der Waals surface area contributed by atoms with Crippen LogP contribution in [0.25, 0.3) is 0 Å². The molecule has 0 aliphatic carbocycles. The number of halogens is 1. The van der Waals surface area contributed by atoms with Crippen LogP contribution in [0.5, 0.6) is 0 Å². The van der Waals surface area contributed by atoms with Gasteiger partial charge in [-0.2, -0.15) is 0 Å². The zero-order valence-electron chi connectivity index (χ0n) is 11.0. The summed E-state index contributed by atoms with van der Waals surface area (Å²) < 4.78 is 0.885. The molecule has 18 heavy (non-hydrogen) atoms. The number of rotatable bonds is 4. The molecule has 3 heteroatoms. The predicted octanol–water partition coefficient (Wildman–Crippen LogP) is 4.58. The Hall–Kier alpha value is -0.830. The van der Waals surface area contributed by atoms with E-state index in [2.05, 4.69) is 49.5 Å². The molecule has 2 rings (SSSR count). The van der Waals surface area contributed by atoms with Gasteiger partial charge in [0.25, 0.3) is 0 Å². The second-order valence-electron chi connectivity index (χ2n) is 4.42. The third-order valence-electron chi connectivity index (χ3n) is 3.17. The summed E-state index contributed by atoms with van der Waals surface area (Å²) in [5.74, 6) is 0. The lowest BCUT2D eigenvalue weighted by atomic mass is 10.0. The number of benzene rings is 1. The van der Waals surface area contributed by atoms with Crippen molar-refractivity contribution in [1.82, 2.24) is 5.32 Å². The van der Waals surface area contributed by atoms with Crippen molar-refractivity contribution in [1.29, 1.82) is 0 Å². The van der Waals surface area contributed by atoms with Gasteiger partial charge in [0.2, 0.25) is 0 Å². The topological polar surface area (TPSA) is 12.0 Å². The molecule has 1 aromatic carbocycles. The molecule has 96 valence electrons. The second-order valence-corrected chi connectivity index (χ2v) is 6.11. The molecule has 0 amide bonds. The van der Waals surface area contributed by atoms with Crippen LogP contribution >= 0.6 is 22.9 Å². The Labute approximate surface area is 118 Å². The van der Waals surface area contributed by atoms with E-state index < -0.39 is 0 Å². The van der Waals surface area contributed by atoms with Crippen molar-refractivity contribution >= 4 is 22.9 Å². The lowest BCUT2D eigenvalue weighted by Gasteiger charge is -2.15. The SMILES string of the molecule is CCc1ccc(C(NC)c2cc(C)c(Cl)s2)cc1. The maximum atomic E-state index is 6.16. The molecule has 0 radical (unpaired) electrons. The van der Waals surface area contributed by atoms with E-state index in [1.54, 1.807) is 11.3 Å². The maximum Gasteiger partial charge on any atom is 0.0961 e. The van der Waals surface area contributed by atoms with Gasteiger partial charge in [0, 0.05) is 4.88 Å². The van der Waals surface area contributed by atoms with Gasteiger partial charge in [-0.3, -0.25) is 0 Å². The van der Waals surface area contributed by atoms with Crippen molar-refractivity contribution in [2.24, 2.45) is 0 Å². The Kier molecular flexibility index (Phi) is 4.44. The molecule has 2 aromatic rings. The van der Waals surface area contributed by atoms with Gasteiger partial charge in [0.15, 0.2) is 0 Å². The summed E-state index contributed by atoms with van der Waals surface area (Å²) in [5, 5.41) is 3.36. The van der Waals surface area contributed by atoms with Crippen LogP contribution < -0.4 is 5.32 Å². The average molecular weight is 280 g/mol. The van der Waals surface area contributed by atoms with Crippen LogP contribution in [0.2, 0.25) is 4.34 Å². The number of nitrogens with one attached hydrogen (secondary N) is 1. The van der Waals surface area contributed by atoms with Crippen LogP contribution in [0.4, 0.5) is 0 Å². The molecule has 1 N–H and O–H groups in total. The molecule has 0 bridgehead atoms. The van der Waals surface area contributed by atoms with Gasteiger partial charge < -0.3 is 5.32 Å². The molecule has 0 aliphatic rings. The zero-order valence-corrected chi connectivity index (χ0v) is 12.5. The van der Waals surface area contributed by atoms with E-state index in [1.165, 1.54) is 16.0 Å². The fourth-order valence-electron chi connectivity index (χ4n) is 2.04. The minimum atomic E-state index is 0.229. The molecule has 1 atom stereocenters. The van der Waals surface area contributed by atoms with Gasteiger partial charge >= 0.3 is 0 Å². The van der Waals surface area contributed by atoms with E-state index in [-0.39, 0.29) is 6.04 Å². The normalized spacial score (nSPS) is 12.7. The van der Waals surface area contributed by atoms with Crippen LogP contribution in [0.3, 0.4) is 0 Å². The van der Waals surface area contributed by atoms with E-state index in [1.807, 2.05) is 7.05 Å². The summed E-state index contributed by atoms with van der Waals surface area (Å²) in [7, 11) is 1.99. The Morgan fingerprint density at radius 3 is 2.39 bits per heavy atom. The summed E-state index contributed by atoms with van der Waals surface area (Å²) in [6.07, 6.45) is 1.08. The van der Waals surface area contributed by atoms with Crippen LogP contribution in [0.1, 0.15) is 34.5 Å². The molecule has 0 saturated carbocycles. The summed E-state index contributed by atoms with van der Waals surface area (Å²) >= 11 is 7.81. The quantitative estimate of drug-likeness (QED) is 0.864. The van der Waals surface area contributed by atoms with Crippen molar-refractivity contribution in [3.8, 4) is 0 Å². The van der Waals surface area contributed by atoms with Gasteiger partial charge in [-0.15, -0.1) is 11.3 Å². The molecule has 0 aliphatic heterocycles. The highest BCUT2D eigenvalue weighted by Gasteiger charge is 2.15. The van der Waals surface area contributed by atoms with Crippen molar-refractivity contribution < 1.29 is 0 Å². The largest absolute Gasteiger partial charge is 0.309 e. The molecule has 1 heterocycles. The summed E-state index contributed by atoms with van der Waals surface area (Å²) in [6.45, 7) is 4.22. The van der Waals surface area contributed by atoms with E-state index >= 15 is 0 Å². The van der Waals surface area contributed by atoms with Gasteiger partial charge in [-0.25, -0.2) is 0 Å². The van der Waals surface area contributed by atoms with E-state index in [0.29, 0.717) is 0 Å². The fraction of sp³-hybridized carbons (Fsp3) is 0.333. The first-order chi connectivity index (χ1) is 8.65. The minimum Gasteiger partial charge on any atom is -0.309 e. The van der Waals surface area contributed by atoms with Crippen molar-refractivity contribution in [2.75, 3.05) is 7.05 Å². The first-order valence-electron chi connectivity index (χ1n) is 6.17. The standard InChI is InChI=1S/C15H18ClNS/c1-4-11-5-7-12(8-6-11)14(17-3)13-9-10(2)15(16)18-13/h5-9,14,17H,4H2,1-3H3. The van der Waals surface area contributed by atoms with Crippen LogP contribution in [-0.4, -0.2) is 7.05 Å². The number of hydrogen-bond donors (Lipinski definition) is 1. The molecule has 0 fully saturated rings. The molecular weight excluding hydrogens is 262 g/mol. The predicted molar refractivity (Wildman–Crippen MR) is 80.8 cm³/mol. The lowest BCUT2D eigenvalue weighted by molar-refractivity contribution is 0.703. The fourth-order valence-corrected chi connectivity index (χ4v) is 3.40. The van der Waals surface area contributed by atoms with Gasteiger partial charge in [-0.05, 0) is 43.1 Å². The summed E-state index contributed by atoms with van der Waals surface area (Å²) in [5.41, 5.74) is 3.81. The van der Waals surface area contributed by atoms with E-state index in [9.17, 15) is 0 Å². The van der Waals surface area contributed by atoms with Crippen molar-refractivity contribution in [2.45, 2.75) is 26.3 Å². The van der Waals surface area contributed by atoms with Crippen molar-refractivity contribution in [3.63, 3.8) is 0 Å². The summed E-state index contributed by atoms with van der Waals surface area (Å²) in [4.78, 5) is 1.27. The molecule has 1 nitrogen and oxygen atoms in total. The Morgan fingerprint density at radius 1 is 1.28 bits per heavy atom. The van der Waals surface area contributed by atoms with Gasteiger partial charge in [0.05, 0.1) is 10.4 Å². The molecule has 1 unspecified atom stereocenters. The highest BCUT2D eigenvalue weighted by atomic mass is 35.5. The van der Waals surface area contributed by atoms with Gasteiger partial charge in [0.1, 0.15) is 0 Å². The van der Waals surface area contributed by atoms with Crippen LogP contribution in [0, 0.1) is 6.92 Å². The zero-order chi connectivity index (χ0) is 13.1. The average Bonchev–Trinajstić information content (AvgIpc) is 2.71. The smallest absolute Gasteiger partial charge is 0.0961 e. The van der Waals surface area contributed by atoms with Crippen LogP contribution in [-0.2, 0) is 6.42 Å². The number of hydrogen-bond acceptors (Lipinski definition) is 2. The minimum absolute atomic E-state index is 0.229. The first kappa shape index (κ1) is 13.6.